The maximum absolute atomic E-state index is 10.8. The van der Waals surface area contributed by atoms with Gasteiger partial charge in [0.05, 0.1) is 25.6 Å². The second-order valence-corrected chi connectivity index (χ2v) is 2.68. The molecule has 0 saturated heterocycles. The highest BCUT2D eigenvalue weighted by molar-refractivity contribution is 5.87. The lowest BCUT2D eigenvalue weighted by molar-refractivity contribution is -0.134. The summed E-state index contributed by atoms with van der Waals surface area (Å²) in [5.41, 5.74) is 6.59. The average molecular weight is 208 g/mol. The summed E-state index contributed by atoms with van der Waals surface area (Å²) in [7, 11) is 2.81. The number of nitrogens with two attached hydrogens (primary N) is 1. The molecule has 0 amide bonds. The van der Waals surface area contributed by atoms with Gasteiger partial charge in [-0.1, -0.05) is 0 Å². The van der Waals surface area contributed by atoms with Crippen LogP contribution in [0.15, 0.2) is 18.2 Å². The number of aromatic nitrogens is 1. The Morgan fingerprint density at radius 2 is 2.20 bits per heavy atom. The molecular weight excluding hydrogens is 196 g/mol. The van der Waals surface area contributed by atoms with Gasteiger partial charge in [0.2, 0.25) is 5.88 Å². The Morgan fingerprint density at radius 1 is 1.47 bits per heavy atom. The molecule has 1 aromatic heterocycles. The van der Waals surface area contributed by atoms with Crippen molar-refractivity contribution in [2.24, 2.45) is 0 Å². The molecule has 0 unspecified atom stereocenters. The molecule has 80 valence electrons. The molecule has 0 atom stereocenters. The fourth-order valence-corrected chi connectivity index (χ4v) is 0.929. The Kier molecular flexibility index (Phi) is 3.68. The number of nitrogens with zero attached hydrogens (tertiary/aromatic N) is 1. The van der Waals surface area contributed by atoms with Crippen molar-refractivity contribution >= 4 is 17.7 Å². The molecule has 1 rings (SSSR count). The van der Waals surface area contributed by atoms with Gasteiger partial charge in [-0.15, -0.1) is 0 Å². The van der Waals surface area contributed by atoms with Crippen molar-refractivity contribution in [1.82, 2.24) is 4.98 Å². The van der Waals surface area contributed by atoms with Crippen LogP contribution in [-0.2, 0) is 9.53 Å². The van der Waals surface area contributed by atoms with E-state index in [1.165, 1.54) is 26.4 Å². The van der Waals surface area contributed by atoms with Crippen LogP contribution in [0.25, 0.3) is 6.08 Å². The van der Waals surface area contributed by atoms with E-state index in [1.807, 2.05) is 0 Å². The number of hydrogen-bond acceptors (Lipinski definition) is 5. The van der Waals surface area contributed by atoms with Crippen LogP contribution in [0.4, 0.5) is 5.69 Å². The van der Waals surface area contributed by atoms with Gasteiger partial charge in [0.15, 0.2) is 0 Å². The quantitative estimate of drug-likeness (QED) is 0.589. The van der Waals surface area contributed by atoms with Crippen LogP contribution in [-0.4, -0.2) is 25.2 Å². The molecule has 0 spiro atoms. The normalized spacial score (nSPS) is 10.3. The molecule has 0 radical (unpaired) electrons. The van der Waals surface area contributed by atoms with Crippen LogP contribution >= 0.6 is 0 Å². The first-order valence-corrected chi connectivity index (χ1v) is 4.24. The van der Waals surface area contributed by atoms with Crippen LogP contribution in [0.3, 0.4) is 0 Å². The second-order valence-electron chi connectivity index (χ2n) is 2.68. The molecule has 1 aromatic rings. The van der Waals surface area contributed by atoms with Crippen molar-refractivity contribution in [2.45, 2.75) is 0 Å². The third-order valence-corrected chi connectivity index (χ3v) is 1.72. The topological polar surface area (TPSA) is 74.4 Å². The summed E-state index contributed by atoms with van der Waals surface area (Å²) in [6, 6.07) is 3.30. The van der Waals surface area contributed by atoms with Gasteiger partial charge in [0.25, 0.3) is 0 Å². The summed E-state index contributed by atoms with van der Waals surface area (Å²) in [5.74, 6) is -0.0206. The summed E-state index contributed by atoms with van der Waals surface area (Å²) in [6.07, 6.45) is 2.72. The highest BCUT2D eigenvalue weighted by Crippen LogP contribution is 2.15. The van der Waals surface area contributed by atoms with Gasteiger partial charge in [-0.05, 0) is 12.1 Å². The molecule has 0 bridgehead atoms. The lowest BCUT2D eigenvalue weighted by atomic mass is 10.3. The predicted molar refractivity (Wildman–Crippen MR) is 56.3 cm³/mol. The minimum Gasteiger partial charge on any atom is -0.481 e. The van der Waals surface area contributed by atoms with Gasteiger partial charge in [0, 0.05) is 12.1 Å². The number of nitrogen functional groups attached to an aromatic ring is 1. The Bertz CT molecular complexity index is 388. The van der Waals surface area contributed by atoms with E-state index in [2.05, 4.69) is 9.72 Å². The summed E-state index contributed by atoms with van der Waals surface area (Å²) in [5, 5.41) is 0. The van der Waals surface area contributed by atoms with Crippen LogP contribution in [0.1, 0.15) is 5.69 Å². The standard InChI is InChI=1S/C10H12N2O3/c1-14-9-5-3-7(11)8(12-9)4-6-10(13)15-2/h3-6H,11H2,1-2H3. The number of esters is 1. The Hall–Kier alpha value is -2.04. The van der Waals surface area contributed by atoms with Crippen molar-refractivity contribution in [2.75, 3.05) is 20.0 Å². The van der Waals surface area contributed by atoms with E-state index in [0.29, 0.717) is 17.3 Å². The van der Waals surface area contributed by atoms with E-state index < -0.39 is 5.97 Å². The van der Waals surface area contributed by atoms with E-state index in [9.17, 15) is 4.79 Å². The molecule has 0 aliphatic rings. The van der Waals surface area contributed by atoms with Crippen LogP contribution in [0, 0.1) is 0 Å². The maximum Gasteiger partial charge on any atom is 0.330 e. The molecular formula is C10H12N2O3. The zero-order valence-electron chi connectivity index (χ0n) is 8.56. The number of carbonyl (C=O) groups is 1. The molecule has 15 heavy (non-hydrogen) atoms. The monoisotopic (exact) mass is 208 g/mol. The first-order valence-electron chi connectivity index (χ1n) is 4.24. The van der Waals surface area contributed by atoms with Crippen molar-refractivity contribution < 1.29 is 14.3 Å². The number of pyridine rings is 1. The zero-order valence-corrected chi connectivity index (χ0v) is 8.56. The molecule has 0 aliphatic heterocycles. The Labute approximate surface area is 87.5 Å². The Balaban J connectivity index is 2.93. The van der Waals surface area contributed by atoms with Crippen LogP contribution in [0.5, 0.6) is 5.88 Å². The third kappa shape index (κ3) is 2.98. The highest BCUT2D eigenvalue weighted by atomic mass is 16.5. The minimum absolute atomic E-state index is 0.439. The highest BCUT2D eigenvalue weighted by Gasteiger charge is 2.00. The molecule has 0 saturated carbocycles. The molecule has 1 heterocycles. The van der Waals surface area contributed by atoms with E-state index in [-0.39, 0.29) is 0 Å². The molecule has 0 fully saturated rings. The van der Waals surface area contributed by atoms with Crippen LogP contribution in [0.2, 0.25) is 0 Å². The van der Waals surface area contributed by atoms with Gasteiger partial charge >= 0.3 is 5.97 Å². The first kappa shape index (κ1) is 11.0. The van der Waals surface area contributed by atoms with Gasteiger partial charge in [-0.2, -0.15) is 0 Å². The van der Waals surface area contributed by atoms with Crippen LogP contribution < -0.4 is 10.5 Å². The number of hydrogen-bond donors (Lipinski definition) is 1. The fourth-order valence-electron chi connectivity index (χ4n) is 0.929. The Morgan fingerprint density at radius 3 is 2.80 bits per heavy atom. The lowest BCUT2D eigenvalue weighted by Gasteiger charge is -2.02. The largest absolute Gasteiger partial charge is 0.481 e. The predicted octanol–water partition coefficient (Wildman–Crippen LogP) is 0.859. The van der Waals surface area contributed by atoms with E-state index >= 15 is 0 Å². The van der Waals surface area contributed by atoms with Gasteiger partial charge in [0.1, 0.15) is 0 Å². The smallest absolute Gasteiger partial charge is 0.330 e. The van der Waals surface area contributed by atoms with Gasteiger partial charge in [-0.25, -0.2) is 9.78 Å². The summed E-state index contributed by atoms with van der Waals surface area (Å²) in [4.78, 5) is 14.9. The SMILES string of the molecule is COC(=O)C=Cc1nc(OC)ccc1N. The number of rotatable bonds is 3. The molecule has 5 nitrogen and oxygen atoms in total. The van der Waals surface area contributed by atoms with Crippen molar-refractivity contribution in [1.29, 1.82) is 0 Å². The number of anilines is 1. The number of ether oxygens (including phenoxy) is 2. The average Bonchev–Trinajstić information content (AvgIpc) is 2.27. The van der Waals surface area contributed by atoms with E-state index in [0.717, 1.165) is 0 Å². The number of methoxy groups -OCH3 is 2. The van der Waals surface area contributed by atoms with Gasteiger partial charge < -0.3 is 15.2 Å². The summed E-state index contributed by atoms with van der Waals surface area (Å²) < 4.78 is 9.37. The minimum atomic E-state index is -0.459. The molecule has 2 N–H and O–H groups in total. The maximum atomic E-state index is 10.8. The van der Waals surface area contributed by atoms with Crippen molar-refractivity contribution in [3.63, 3.8) is 0 Å². The van der Waals surface area contributed by atoms with Crippen molar-refractivity contribution in [3.8, 4) is 5.88 Å². The third-order valence-electron chi connectivity index (χ3n) is 1.72. The second kappa shape index (κ2) is 4.99. The lowest BCUT2D eigenvalue weighted by Crippen LogP contribution is -1.97. The zero-order chi connectivity index (χ0) is 11.3. The number of carbonyl (C=O) groups excluding carboxylic acids is 1. The van der Waals surface area contributed by atoms with E-state index in [4.69, 9.17) is 10.5 Å². The summed E-state index contributed by atoms with van der Waals surface area (Å²) >= 11 is 0. The first-order chi connectivity index (χ1) is 7.17. The molecule has 0 aliphatic carbocycles. The fraction of sp³-hybridized carbons (Fsp3) is 0.200. The van der Waals surface area contributed by atoms with Gasteiger partial charge in [-0.3, -0.25) is 0 Å². The molecule has 0 aromatic carbocycles. The van der Waals surface area contributed by atoms with Crippen molar-refractivity contribution in [3.05, 3.63) is 23.9 Å². The van der Waals surface area contributed by atoms with E-state index in [1.54, 1.807) is 12.1 Å². The summed E-state index contributed by atoms with van der Waals surface area (Å²) in [6.45, 7) is 0. The molecule has 5 heteroatoms.